The standard InChI is InChI=1S/C9H9BrF3NO3S/c10-7-1-3-8(4-2-7)18(15,16)14-5-6-17-9(11,12)13/h1-4,14H,5-6H2. The van der Waals surface area contributed by atoms with Crippen LogP contribution >= 0.6 is 15.9 Å². The lowest BCUT2D eigenvalue weighted by molar-refractivity contribution is -0.323. The second-order valence-electron chi connectivity index (χ2n) is 3.15. The third-order valence-corrected chi connectivity index (χ3v) is 3.79. The fourth-order valence-corrected chi connectivity index (χ4v) is 2.32. The Balaban J connectivity index is 2.53. The molecule has 0 saturated carbocycles. The predicted molar refractivity (Wildman–Crippen MR) is 61.3 cm³/mol. The van der Waals surface area contributed by atoms with Crippen LogP contribution in [-0.4, -0.2) is 27.9 Å². The topological polar surface area (TPSA) is 55.4 Å². The summed E-state index contributed by atoms with van der Waals surface area (Å²) in [6.07, 6.45) is -4.76. The molecule has 0 bridgehead atoms. The van der Waals surface area contributed by atoms with Crippen molar-refractivity contribution >= 4 is 26.0 Å². The van der Waals surface area contributed by atoms with Gasteiger partial charge in [-0.2, -0.15) is 0 Å². The van der Waals surface area contributed by atoms with E-state index in [9.17, 15) is 21.6 Å². The smallest absolute Gasteiger partial charge is 0.291 e. The van der Waals surface area contributed by atoms with Crippen LogP contribution in [0.5, 0.6) is 0 Å². The third kappa shape index (κ3) is 5.34. The number of sulfonamides is 1. The van der Waals surface area contributed by atoms with Crippen molar-refractivity contribution in [1.82, 2.24) is 4.72 Å². The van der Waals surface area contributed by atoms with Crippen LogP contribution in [0.4, 0.5) is 13.2 Å². The molecule has 0 atom stereocenters. The van der Waals surface area contributed by atoms with Crippen LogP contribution in [0, 0.1) is 0 Å². The minimum atomic E-state index is -4.76. The largest absolute Gasteiger partial charge is 0.522 e. The summed E-state index contributed by atoms with van der Waals surface area (Å²) in [5.41, 5.74) is 0. The molecule has 0 heterocycles. The van der Waals surface area contributed by atoms with Gasteiger partial charge in [0.25, 0.3) is 0 Å². The number of nitrogens with one attached hydrogen (secondary N) is 1. The van der Waals surface area contributed by atoms with Crippen molar-refractivity contribution < 1.29 is 26.3 Å². The molecule has 1 aromatic carbocycles. The molecule has 9 heteroatoms. The van der Waals surface area contributed by atoms with Crippen LogP contribution in [0.1, 0.15) is 0 Å². The molecule has 0 aliphatic rings. The van der Waals surface area contributed by atoms with Crippen LogP contribution in [-0.2, 0) is 14.8 Å². The number of halogens is 4. The average Bonchev–Trinajstić information content (AvgIpc) is 2.24. The van der Waals surface area contributed by atoms with Gasteiger partial charge in [0.15, 0.2) is 0 Å². The van der Waals surface area contributed by atoms with E-state index in [1.165, 1.54) is 24.3 Å². The van der Waals surface area contributed by atoms with Gasteiger partial charge < -0.3 is 0 Å². The highest BCUT2D eigenvalue weighted by Gasteiger charge is 2.28. The normalized spacial score (nSPS) is 12.7. The molecule has 18 heavy (non-hydrogen) atoms. The van der Waals surface area contributed by atoms with Gasteiger partial charge in [-0.15, -0.1) is 13.2 Å². The highest BCUT2D eigenvalue weighted by atomic mass is 79.9. The van der Waals surface area contributed by atoms with Gasteiger partial charge in [0.1, 0.15) is 0 Å². The van der Waals surface area contributed by atoms with Crippen LogP contribution in [0.3, 0.4) is 0 Å². The molecule has 4 nitrogen and oxygen atoms in total. The van der Waals surface area contributed by atoms with E-state index >= 15 is 0 Å². The molecule has 1 aromatic rings. The van der Waals surface area contributed by atoms with Crippen LogP contribution < -0.4 is 4.72 Å². The lowest BCUT2D eigenvalue weighted by atomic mass is 10.4. The Hall–Kier alpha value is -0.640. The summed E-state index contributed by atoms with van der Waals surface area (Å²) in [6.45, 7) is -1.24. The molecule has 1 N–H and O–H groups in total. The van der Waals surface area contributed by atoms with E-state index in [4.69, 9.17) is 0 Å². The van der Waals surface area contributed by atoms with Gasteiger partial charge in [0, 0.05) is 11.0 Å². The molecule has 0 fully saturated rings. The van der Waals surface area contributed by atoms with Crippen molar-refractivity contribution in [2.24, 2.45) is 0 Å². The van der Waals surface area contributed by atoms with Gasteiger partial charge in [-0.25, -0.2) is 13.1 Å². The van der Waals surface area contributed by atoms with Gasteiger partial charge in [-0.05, 0) is 24.3 Å². The van der Waals surface area contributed by atoms with Gasteiger partial charge in [0.2, 0.25) is 10.0 Å². The monoisotopic (exact) mass is 347 g/mol. The number of alkyl halides is 3. The SMILES string of the molecule is O=S(=O)(NCCOC(F)(F)F)c1ccc(Br)cc1. The van der Waals surface area contributed by atoms with E-state index in [2.05, 4.69) is 20.7 Å². The second kappa shape index (κ2) is 6.00. The highest BCUT2D eigenvalue weighted by molar-refractivity contribution is 9.10. The van der Waals surface area contributed by atoms with Crippen molar-refractivity contribution in [3.8, 4) is 0 Å². The number of rotatable bonds is 5. The zero-order valence-corrected chi connectivity index (χ0v) is 11.3. The molecule has 0 spiro atoms. The molecule has 0 aliphatic heterocycles. The number of hydrogen-bond donors (Lipinski definition) is 1. The maximum Gasteiger partial charge on any atom is 0.522 e. The molecular weight excluding hydrogens is 339 g/mol. The lowest BCUT2D eigenvalue weighted by Gasteiger charge is -2.09. The molecule has 0 saturated heterocycles. The number of benzene rings is 1. The summed E-state index contributed by atoms with van der Waals surface area (Å²) in [5.74, 6) is 0. The Morgan fingerprint density at radius 2 is 1.78 bits per heavy atom. The van der Waals surface area contributed by atoms with E-state index < -0.39 is 29.5 Å². The number of hydrogen-bond acceptors (Lipinski definition) is 3. The van der Waals surface area contributed by atoms with Gasteiger partial charge in [-0.3, -0.25) is 4.74 Å². The minimum absolute atomic E-state index is 0.0299. The van der Waals surface area contributed by atoms with Crippen molar-refractivity contribution in [3.63, 3.8) is 0 Å². The molecule has 102 valence electrons. The fraction of sp³-hybridized carbons (Fsp3) is 0.333. The first-order chi connectivity index (χ1) is 8.21. The summed E-state index contributed by atoms with van der Waals surface area (Å²) in [6, 6.07) is 5.69. The van der Waals surface area contributed by atoms with E-state index in [1.54, 1.807) is 0 Å². The molecule has 0 aromatic heterocycles. The molecule has 0 aliphatic carbocycles. The second-order valence-corrected chi connectivity index (χ2v) is 5.83. The summed E-state index contributed by atoms with van der Waals surface area (Å²) in [4.78, 5) is -0.0299. The van der Waals surface area contributed by atoms with Crippen LogP contribution in [0.2, 0.25) is 0 Å². The predicted octanol–water partition coefficient (Wildman–Crippen LogP) is 2.26. The van der Waals surface area contributed by atoms with Crippen molar-refractivity contribution in [2.45, 2.75) is 11.3 Å². The molecule has 0 radical (unpaired) electrons. The minimum Gasteiger partial charge on any atom is -0.291 e. The highest BCUT2D eigenvalue weighted by Crippen LogP contribution is 2.16. The van der Waals surface area contributed by atoms with E-state index in [0.717, 1.165) is 0 Å². The van der Waals surface area contributed by atoms with Crippen molar-refractivity contribution in [1.29, 1.82) is 0 Å². The lowest BCUT2D eigenvalue weighted by Crippen LogP contribution is -2.29. The Kier molecular flexibility index (Phi) is 5.14. The summed E-state index contributed by atoms with van der Waals surface area (Å²) >= 11 is 3.14. The first kappa shape index (κ1) is 15.4. The zero-order valence-electron chi connectivity index (χ0n) is 8.87. The molecule has 1 rings (SSSR count). The molecular formula is C9H9BrF3NO3S. The summed E-state index contributed by atoms with van der Waals surface area (Å²) in [7, 11) is -3.81. The van der Waals surface area contributed by atoms with Crippen molar-refractivity contribution in [2.75, 3.05) is 13.2 Å². The Bertz CT molecular complexity index is 487. The van der Waals surface area contributed by atoms with Crippen LogP contribution in [0.25, 0.3) is 0 Å². The van der Waals surface area contributed by atoms with E-state index in [0.29, 0.717) is 4.47 Å². The maximum atomic E-state index is 11.6. The van der Waals surface area contributed by atoms with Gasteiger partial charge >= 0.3 is 6.36 Å². The third-order valence-electron chi connectivity index (χ3n) is 1.78. The van der Waals surface area contributed by atoms with E-state index in [1.807, 2.05) is 4.72 Å². The summed E-state index contributed by atoms with van der Waals surface area (Å²) in [5, 5.41) is 0. The quantitative estimate of drug-likeness (QED) is 0.831. The van der Waals surface area contributed by atoms with E-state index in [-0.39, 0.29) is 4.90 Å². The van der Waals surface area contributed by atoms with Crippen molar-refractivity contribution in [3.05, 3.63) is 28.7 Å². The van der Waals surface area contributed by atoms with Gasteiger partial charge in [-0.1, -0.05) is 15.9 Å². The van der Waals surface area contributed by atoms with Gasteiger partial charge in [0.05, 0.1) is 11.5 Å². The summed E-state index contributed by atoms with van der Waals surface area (Å²) < 4.78 is 64.3. The number of ether oxygens (including phenoxy) is 1. The maximum absolute atomic E-state index is 11.6. The Morgan fingerprint density at radius 3 is 2.28 bits per heavy atom. The Labute approximate surface area is 110 Å². The first-order valence-corrected chi connectivity index (χ1v) is 6.94. The van der Waals surface area contributed by atoms with Crippen LogP contribution in [0.15, 0.2) is 33.6 Å². The zero-order chi connectivity index (χ0) is 13.8. The first-order valence-electron chi connectivity index (χ1n) is 4.67. The molecule has 0 amide bonds. The average molecular weight is 348 g/mol. The fourth-order valence-electron chi connectivity index (χ4n) is 1.04. The molecule has 0 unspecified atom stereocenters. The Morgan fingerprint density at radius 1 is 1.22 bits per heavy atom.